The van der Waals surface area contributed by atoms with E-state index in [0.29, 0.717) is 12.1 Å². The minimum absolute atomic E-state index is 0.539. The predicted molar refractivity (Wildman–Crippen MR) is 70.7 cm³/mol. The molecule has 0 unspecified atom stereocenters. The van der Waals surface area contributed by atoms with Crippen molar-refractivity contribution < 1.29 is 0 Å². The summed E-state index contributed by atoms with van der Waals surface area (Å²) >= 11 is 0. The summed E-state index contributed by atoms with van der Waals surface area (Å²) in [6, 6.07) is 1.08. The normalized spacial score (nSPS) is 28.1. The zero-order valence-electron chi connectivity index (χ0n) is 10.8. The lowest BCUT2D eigenvalue weighted by Crippen LogP contribution is -2.53. The molecule has 0 bridgehead atoms. The van der Waals surface area contributed by atoms with Crippen LogP contribution in [0.25, 0.3) is 0 Å². The van der Waals surface area contributed by atoms with Crippen LogP contribution >= 0.6 is 0 Å². The van der Waals surface area contributed by atoms with Crippen LogP contribution in [-0.4, -0.2) is 35.8 Å². The maximum atomic E-state index is 4.34. The maximum Gasteiger partial charge on any atom is 0.0459 e. The molecule has 1 heterocycles. The largest absolute Gasteiger partial charge is 0.371 e. The fourth-order valence-electron chi connectivity index (χ4n) is 1.94. The van der Waals surface area contributed by atoms with Crippen molar-refractivity contribution >= 4 is 5.71 Å². The molecule has 1 aliphatic rings. The first kappa shape index (κ1) is 13.0. The average Bonchev–Trinajstić information content (AvgIpc) is 2.23. The smallest absolute Gasteiger partial charge is 0.0459 e. The summed E-state index contributed by atoms with van der Waals surface area (Å²) in [7, 11) is 0. The molecular formula is C13H23N3. The van der Waals surface area contributed by atoms with E-state index in [1.54, 1.807) is 6.08 Å². The van der Waals surface area contributed by atoms with Gasteiger partial charge in [0.15, 0.2) is 0 Å². The average molecular weight is 221 g/mol. The number of rotatable bonds is 3. The Balaban J connectivity index is 2.65. The van der Waals surface area contributed by atoms with Crippen LogP contribution in [0.3, 0.4) is 0 Å². The van der Waals surface area contributed by atoms with Crippen molar-refractivity contribution in [3.05, 3.63) is 24.6 Å². The standard InChI is InChI=1S/C13H23N3/c1-6-10(2)14-7-13(5)16-8-11(3)15-12(4)9-16/h6-7,11-12,15H,1,8-9H2,2-5H3/b13-7+,14-10?/t11-,12+. The molecule has 0 radical (unpaired) electrons. The van der Waals surface area contributed by atoms with Crippen LogP contribution in [0.15, 0.2) is 29.5 Å². The van der Waals surface area contributed by atoms with E-state index in [9.17, 15) is 0 Å². The van der Waals surface area contributed by atoms with E-state index in [-0.39, 0.29) is 0 Å². The Hall–Kier alpha value is -1.09. The predicted octanol–water partition coefficient (Wildman–Crippen LogP) is 2.18. The summed E-state index contributed by atoms with van der Waals surface area (Å²) in [6.07, 6.45) is 3.70. The second kappa shape index (κ2) is 5.85. The number of hydrogen-bond acceptors (Lipinski definition) is 3. The molecular weight excluding hydrogens is 198 g/mol. The van der Waals surface area contributed by atoms with Gasteiger partial charge in [-0.2, -0.15) is 0 Å². The summed E-state index contributed by atoms with van der Waals surface area (Å²) in [6.45, 7) is 14.3. The number of allylic oxidation sites excluding steroid dienone is 2. The lowest BCUT2D eigenvalue weighted by molar-refractivity contribution is 0.215. The molecule has 1 N–H and O–H groups in total. The zero-order chi connectivity index (χ0) is 12.1. The molecule has 0 spiro atoms. The van der Waals surface area contributed by atoms with Gasteiger partial charge in [-0.3, -0.25) is 4.99 Å². The van der Waals surface area contributed by atoms with Gasteiger partial charge in [0.2, 0.25) is 0 Å². The molecule has 2 atom stereocenters. The molecule has 3 nitrogen and oxygen atoms in total. The van der Waals surface area contributed by atoms with E-state index >= 15 is 0 Å². The van der Waals surface area contributed by atoms with Crippen LogP contribution in [0.4, 0.5) is 0 Å². The van der Waals surface area contributed by atoms with Crippen LogP contribution in [0, 0.1) is 0 Å². The summed E-state index contributed by atoms with van der Waals surface area (Å²) < 4.78 is 0. The van der Waals surface area contributed by atoms with E-state index in [1.807, 2.05) is 13.1 Å². The number of piperazine rings is 1. The van der Waals surface area contributed by atoms with E-state index in [1.165, 1.54) is 5.70 Å². The molecule has 1 fully saturated rings. The summed E-state index contributed by atoms with van der Waals surface area (Å²) in [4.78, 5) is 6.72. The summed E-state index contributed by atoms with van der Waals surface area (Å²) in [5, 5.41) is 3.52. The van der Waals surface area contributed by atoms with Gasteiger partial charge in [0.05, 0.1) is 0 Å². The summed E-state index contributed by atoms with van der Waals surface area (Å²) in [5.41, 5.74) is 2.18. The van der Waals surface area contributed by atoms with Gasteiger partial charge in [0.25, 0.3) is 0 Å². The van der Waals surface area contributed by atoms with Crippen LogP contribution < -0.4 is 5.32 Å². The number of nitrogens with zero attached hydrogens (tertiary/aromatic N) is 2. The fraction of sp³-hybridized carbons (Fsp3) is 0.615. The molecule has 1 aliphatic heterocycles. The van der Waals surface area contributed by atoms with E-state index in [0.717, 1.165) is 18.8 Å². The lowest BCUT2D eigenvalue weighted by atomic mass is 10.1. The Morgan fingerprint density at radius 3 is 2.38 bits per heavy atom. The monoisotopic (exact) mass is 221 g/mol. The number of hydrogen-bond donors (Lipinski definition) is 1. The third kappa shape index (κ3) is 3.81. The Morgan fingerprint density at radius 2 is 1.88 bits per heavy atom. The van der Waals surface area contributed by atoms with Crippen molar-refractivity contribution in [1.82, 2.24) is 10.2 Å². The number of aliphatic imine (C=N–C) groups is 1. The van der Waals surface area contributed by atoms with Gasteiger partial charge >= 0.3 is 0 Å². The molecule has 0 aliphatic carbocycles. The highest BCUT2D eigenvalue weighted by molar-refractivity contribution is 5.92. The van der Waals surface area contributed by atoms with Crippen molar-refractivity contribution in [2.45, 2.75) is 39.8 Å². The summed E-state index contributed by atoms with van der Waals surface area (Å²) in [5.74, 6) is 0. The zero-order valence-corrected chi connectivity index (χ0v) is 10.8. The van der Waals surface area contributed by atoms with Crippen LogP contribution in [0.2, 0.25) is 0 Å². The van der Waals surface area contributed by atoms with E-state index in [2.05, 4.69) is 42.6 Å². The Labute approximate surface area is 98.9 Å². The highest BCUT2D eigenvalue weighted by Gasteiger charge is 2.20. The molecule has 3 heteroatoms. The van der Waals surface area contributed by atoms with Gasteiger partial charge in [-0.15, -0.1) is 0 Å². The van der Waals surface area contributed by atoms with Crippen LogP contribution in [-0.2, 0) is 0 Å². The van der Waals surface area contributed by atoms with Crippen molar-refractivity contribution in [2.24, 2.45) is 4.99 Å². The second-order valence-electron chi connectivity index (χ2n) is 4.62. The molecule has 0 aromatic heterocycles. The first-order valence-electron chi connectivity index (χ1n) is 5.87. The van der Waals surface area contributed by atoms with Gasteiger partial charge in [-0.25, -0.2) is 0 Å². The van der Waals surface area contributed by atoms with Gasteiger partial charge in [0.1, 0.15) is 0 Å². The molecule has 1 rings (SSSR count). The topological polar surface area (TPSA) is 27.6 Å². The minimum atomic E-state index is 0.539. The van der Waals surface area contributed by atoms with Crippen LogP contribution in [0.1, 0.15) is 27.7 Å². The van der Waals surface area contributed by atoms with E-state index < -0.39 is 0 Å². The third-order valence-electron chi connectivity index (χ3n) is 2.81. The highest BCUT2D eigenvalue weighted by atomic mass is 15.2. The first-order chi connectivity index (χ1) is 7.52. The highest BCUT2D eigenvalue weighted by Crippen LogP contribution is 2.11. The fourth-order valence-corrected chi connectivity index (χ4v) is 1.94. The lowest BCUT2D eigenvalue weighted by Gasteiger charge is -2.37. The second-order valence-corrected chi connectivity index (χ2v) is 4.62. The molecule has 0 aromatic carbocycles. The third-order valence-corrected chi connectivity index (χ3v) is 2.81. The SMILES string of the molecule is C=CC(C)=N/C=C(\C)N1C[C@@H](C)N[C@@H](C)C1. The number of nitrogens with one attached hydrogen (secondary N) is 1. The van der Waals surface area contributed by atoms with Crippen molar-refractivity contribution in [2.75, 3.05) is 13.1 Å². The molecule has 0 saturated carbocycles. The van der Waals surface area contributed by atoms with Gasteiger partial charge in [-0.1, -0.05) is 6.58 Å². The van der Waals surface area contributed by atoms with Gasteiger partial charge in [0, 0.05) is 42.8 Å². The van der Waals surface area contributed by atoms with Gasteiger partial charge < -0.3 is 10.2 Å². The maximum absolute atomic E-state index is 4.34. The van der Waals surface area contributed by atoms with Crippen molar-refractivity contribution in [3.8, 4) is 0 Å². The first-order valence-corrected chi connectivity index (χ1v) is 5.87. The van der Waals surface area contributed by atoms with E-state index in [4.69, 9.17) is 0 Å². The molecule has 0 amide bonds. The van der Waals surface area contributed by atoms with Crippen molar-refractivity contribution in [1.29, 1.82) is 0 Å². The quantitative estimate of drug-likeness (QED) is 0.740. The van der Waals surface area contributed by atoms with Crippen LogP contribution in [0.5, 0.6) is 0 Å². The molecule has 0 aromatic rings. The van der Waals surface area contributed by atoms with Crippen molar-refractivity contribution in [3.63, 3.8) is 0 Å². The van der Waals surface area contributed by atoms with Gasteiger partial charge in [-0.05, 0) is 33.8 Å². The molecule has 90 valence electrons. The Bertz CT molecular complexity index is 294. The molecule has 16 heavy (non-hydrogen) atoms. The Morgan fingerprint density at radius 1 is 1.31 bits per heavy atom. The molecule has 1 saturated heterocycles. The minimum Gasteiger partial charge on any atom is -0.371 e. The Kier molecular flexibility index (Phi) is 4.74.